The summed E-state index contributed by atoms with van der Waals surface area (Å²) in [6.07, 6.45) is 2.62. The molecular formula is C11H8BrClFN3O2S. The zero-order chi connectivity index (χ0) is 14.9. The van der Waals surface area contributed by atoms with E-state index < -0.39 is 20.7 Å². The first-order valence-corrected chi connectivity index (χ1v) is 7.83. The molecule has 9 heteroatoms. The second kappa shape index (κ2) is 5.55. The second-order valence-electron chi connectivity index (χ2n) is 3.77. The van der Waals surface area contributed by atoms with Crippen molar-refractivity contribution in [3.8, 4) is 0 Å². The minimum Gasteiger partial charge on any atom is -0.398 e. The lowest BCUT2D eigenvalue weighted by atomic mass is 10.3. The highest BCUT2D eigenvalue weighted by atomic mass is 79.9. The summed E-state index contributed by atoms with van der Waals surface area (Å²) in [5.41, 5.74) is 5.72. The van der Waals surface area contributed by atoms with Crippen molar-refractivity contribution in [1.82, 2.24) is 4.98 Å². The molecule has 0 unspecified atom stereocenters. The van der Waals surface area contributed by atoms with Gasteiger partial charge in [0.2, 0.25) is 0 Å². The van der Waals surface area contributed by atoms with E-state index in [2.05, 4.69) is 25.6 Å². The van der Waals surface area contributed by atoms with Gasteiger partial charge in [0, 0.05) is 16.4 Å². The van der Waals surface area contributed by atoms with Gasteiger partial charge in [0.25, 0.3) is 10.0 Å². The Bertz CT molecular complexity index is 770. The minimum atomic E-state index is -4.16. The number of pyridine rings is 1. The molecule has 0 saturated carbocycles. The first kappa shape index (κ1) is 15.0. The van der Waals surface area contributed by atoms with Gasteiger partial charge in [-0.2, -0.15) is 0 Å². The molecule has 0 aliphatic heterocycles. The standard InChI is InChI=1S/C11H8BrClFN3O2S/c12-6-3-8(14)11(4-9(6)15)20(18,19)17-10-5-16-2-1-7(10)13/h1-5,17H,15H2. The Hall–Kier alpha value is -1.38. The van der Waals surface area contributed by atoms with Crippen molar-refractivity contribution in [2.75, 3.05) is 10.5 Å². The van der Waals surface area contributed by atoms with Crippen LogP contribution in [0.2, 0.25) is 5.02 Å². The van der Waals surface area contributed by atoms with E-state index in [4.69, 9.17) is 17.3 Å². The number of nitrogens with zero attached hydrogens (tertiary/aromatic N) is 1. The predicted molar refractivity (Wildman–Crippen MR) is 78.6 cm³/mol. The highest BCUT2D eigenvalue weighted by molar-refractivity contribution is 9.10. The summed E-state index contributed by atoms with van der Waals surface area (Å²) >= 11 is 8.84. The highest BCUT2D eigenvalue weighted by Gasteiger charge is 2.21. The normalized spacial score (nSPS) is 11.3. The topological polar surface area (TPSA) is 85.1 Å². The fourth-order valence-electron chi connectivity index (χ4n) is 1.40. The third-order valence-corrected chi connectivity index (χ3v) is 4.75. The number of nitrogens with one attached hydrogen (secondary N) is 1. The van der Waals surface area contributed by atoms with Crippen molar-refractivity contribution in [3.05, 3.63) is 45.9 Å². The van der Waals surface area contributed by atoms with E-state index in [0.717, 1.165) is 12.1 Å². The Morgan fingerprint density at radius 1 is 1.40 bits per heavy atom. The van der Waals surface area contributed by atoms with Gasteiger partial charge in [-0.1, -0.05) is 11.6 Å². The van der Waals surface area contributed by atoms with Crippen molar-refractivity contribution in [2.45, 2.75) is 4.90 Å². The van der Waals surface area contributed by atoms with Gasteiger partial charge in [0.05, 0.1) is 16.9 Å². The molecule has 106 valence electrons. The first-order valence-electron chi connectivity index (χ1n) is 5.18. The van der Waals surface area contributed by atoms with E-state index in [0.29, 0.717) is 0 Å². The summed E-state index contributed by atoms with van der Waals surface area (Å²) in [6, 6.07) is 3.41. The molecule has 0 radical (unpaired) electrons. The largest absolute Gasteiger partial charge is 0.398 e. The molecule has 0 aliphatic rings. The lowest BCUT2D eigenvalue weighted by Crippen LogP contribution is -2.15. The number of aromatic nitrogens is 1. The fourth-order valence-corrected chi connectivity index (χ4v) is 3.09. The molecule has 2 aromatic rings. The molecule has 1 aromatic heterocycles. The number of halogens is 3. The maximum Gasteiger partial charge on any atom is 0.264 e. The fraction of sp³-hybridized carbons (Fsp3) is 0. The smallest absolute Gasteiger partial charge is 0.264 e. The molecule has 1 heterocycles. The van der Waals surface area contributed by atoms with Crippen LogP contribution in [0.1, 0.15) is 0 Å². The Balaban J connectivity index is 2.47. The first-order chi connectivity index (χ1) is 9.31. The van der Waals surface area contributed by atoms with Gasteiger partial charge >= 0.3 is 0 Å². The number of sulfonamides is 1. The molecule has 0 amide bonds. The number of nitrogens with two attached hydrogens (primary N) is 1. The summed E-state index contributed by atoms with van der Waals surface area (Å²) in [5.74, 6) is -0.932. The molecule has 0 aliphatic carbocycles. The van der Waals surface area contributed by atoms with Gasteiger partial charge in [-0.25, -0.2) is 12.8 Å². The van der Waals surface area contributed by atoms with Gasteiger partial charge in [-0.3, -0.25) is 9.71 Å². The average Bonchev–Trinajstić information content (AvgIpc) is 2.36. The molecule has 0 bridgehead atoms. The van der Waals surface area contributed by atoms with Crippen molar-refractivity contribution in [2.24, 2.45) is 0 Å². The van der Waals surface area contributed by atoms with Crippen LogP contribution >= 0.6 is 27.5 Å². The molecule has 0 fully saturated rings. The quantitative estimate of drug-likeness (QED) is 0.802. The number of hydrogen-bond donors (Lipinski definition) is 2. The van der Waals surface area contributed by atoms with Crippen LogP contribution in [-0.2, 0) is 10.0 Å². The Morgan fingerprint density at radius 3 is 2.75 bits per heavy atom. The average molecular weight is 381 g/mol. The number of hydrogen-bond acceptors (Lipinski definition) is 4. The molecule has 0 spiro atoms. The summed E-state index contributed by atoms with van der Waals surface area (Å²) < 4.78 is 40.5. The Labute approximate surface area is 128 Å². The molecule has 2 rings (SSSR count). The van der Waals surface area contributed by atoms with E-state index in [-0.39, 0.29) is 20.9 Å². The summed E-state index contributed by atoms with van der Waals surface area (Å²) in [7, 11) is -4.16. The zero-order valence-corrected chi connectivity index (χ0v) is 12.9. The SMILES string of the molecule is Nc1cc(S(=O)(=O)Nc2cnccc2Cl)c(F)cc1Br. The van der Waals surface area contributed by atoms with Crippen LogP contribution in [0.15, 0.2) is 40.0 Å². The molecule has 0 saturated heterocycles. The Kier molecular flexibility index (Phi) is 4.17. The maximum atomic E-state index is 13.8. The maximum absolute atomic E-state index is 13.8. The van der Waals surface area contributed by atoms with E-state index in [1.54, 1.807) is 0 Å². The minimum absolute atomic E-state index is 0.0510. The van der Waals surface area contributed by atoms with Crippen LogP contribution in [0.5, 0.6) is 0 Å². The summed E-state index contributed by atoms with van der Waals surface area (Å²) in [5, 5.41) is 0.147. The van der Waals surface area contributed by atoms with Gasteiger partial charge in [-0.15, -0.1) is 0 Å². The van der Waals surface area contributed by atoms with Crippen molar-refractivity contribution in [1.29, 1.82) is 0 Å². The molecule has 3 N–H and O–H groups in total. The van der Waals surface area contributed by atoms with Crippen LogP contribution in [0, 0.1) is 5.82 Å². The molecule has 0 atom stereocenters. The van der Waals surface area contributed by atoms with E-state index >= 15 is 0 Å². The molecular weight excluding hydrogens is 373 g/mol. The second-order valence-corrected chi connectivity index (χ2v) is 6.68. The third kappa shape index (κ3) is 3.02. The molecule has 5 nitrogen and oxygen atoms in total. The van der Waals surface area contributed by atoms with Crippen LogP contribution in [-0.4, -0.2) is 13.4 Å². The zero-order valence-electron chi connectivity index (χ0n) is 9.77. The summed E-state index contributed by atoms with van der Waals surface area (Å²) in [4.78, 5) is 3.17. The van der Waals surface area contributed by atoms with Crippen molar-refractivity contribution < 1.29 is 12.8 Å². The predicted octanol–water partition coefficient (Wildman–Crippen LogP) is 3.02. The summed E-state index contributed by atoms with van der Waals surface area (Å²) in [6.45, 7) is 0. The van der Waals surface area contributed by atoms with Gasteiger partial charge in [0.15, 0.2) is 0 Å². The third-order valence-electron chi connectivity index (χ3n) is 2.35. The monoisotopic (exact) mass is 379 g/mol. The number of nitrogen functional groups attached to an aromatic ring is 1. The van der Waals surface area contributed by atoms with Gasteiger partial charge in [0.1, 0.15) is 10.7 Å². The van der Waals surface area contributed by atoms with Crippen molar-refractivity contribution >= 4 is 48.9 Å². The van der Waals surface area contributed by atoms with E-state index in [1.165, 1.54) is 18.5 Å². The Morgan fingerprint density at radius 2 is 2.10 bits per heavy atom. The van der Waals surface area contributed by atoms with Gasteiger partial charge in [-0.05, 0) is 34.1 Å². The van der Waals surface area contributed by atoms with Crippen molar-refractivity contribution in [3.63, 3.8) is 0 Å². The lowest BCUT2D eigenvalue weighted by Gasteiger charge is -2.11. The number of anilines is 2. The van der Waals surface area contributed by atoms with Crippen LogP contribution in [0.3, 0.4) is 0 Å². The van der Waals surface area contributed by atoms with Crippen LogP contribution in [0.25, 0.3) is 0 Å². The van der Waals surface area contributed by atoms with Crippen LogP contribution < -0.4 is 10.5 Å². The molecule has 1 aromatic carbocycles. The van der Waals surface area contributed by atoms with E-state index in [1.807, 2.05) is 0 Å². The number of benzene rings is 1. The van der Waals surface area contributed by atoms with Gasteiger partial charge < -0.3 is 5.73 Å². The van der Waals surface area contributed by atoms with Crippen LogP contribution in [0.4, 0.5) is 15.8 Å². The lowest BCUT2D eigenvalue weighted by molar-refractivity contribution is 0.570. The highest BCUT2D eigenvalue weighted by Crippen LogP contribution is 2.28. The van der Waals surface area contributed by atoms with E-state index in [9.17, 15) is 12.8 Å². The number of rotatable bonds is 3. The molecule has 20 heavy (non-hydrogen) atoms.